The van der Waals surface area contributed by atoms with Crippen LogP contribution in [0.25, 0.3) is 10.9 Å². The summed E-state index contributed by atoms with van der Waals surface area (Å²) in [5, 5.41) is 13.2. The summed E-state index contributed by atoms with van der Waals surface area (Å²) in [6.07, 6.45) is 0. The lowest BCUT2D eigenvalue weighted by molar-refractivity contribution is 0.0697. The van der Waals surface area contributed by atoms with Crippen LogP contribution in [-0.2, 0) is 0 Å². The summed E-state index contributed by atoms with van der Waals surface area (Å²) in [7, 11) is 1.63. The Hall–Kier alpha value is -3.08. The molecule has 2 aromatic carbocycles. The van der Waals surface area contributed by atoms with Crippen LogP contribution in [0.4, 0.5) is 11.4 Å². The fourth-order valence-corrected chi connectivity index (χ4v) is 2.42. The van der Waals surface area contributed by atoms with E-state index in [0.29, 0.717) is 0 Å². The van der Waals surface area contributed by atoms with E-state index in [1.807, 2.05) is 31.2 Å². The number of benzene rings is 2. The molecule has 3 aromatic rings. The molecule has 0 spiro atoms. The van der Waals surface area contributed by atoms with Gasteiger partial charge in [0, 0.05) is 28.5 Å². The Bertz CT molecular complexity index is 873. The summed E-state index contributed by atoms with van der Waals surface area (Å²) in [5.74, 6) is -0.179. The molecule has 0 aliphatic heterocycles. The van der Waals surface area contributed by atoms with Crippen molar-refractivity contribution >= 4 is 28.2 Å². The van der Waals surface area contributed by atoms with Crippen molar-refractivity contribution in [2.75, 3.05) is 12.4 Å². The maximum atomic E-state index is 10.9. The number of rotatable bonds is 4. The molecule has 0 amide bonds. The molecule has 2 N–H and O–H groups in total. The molecule has 23 heavy (non-hydrogen) atoms. The third-order valence-electron chi connectivity index (χ3n) is 3.56. The normalized spacial score (nSPS) is 10.5. The van der Waals surface area contributed by atoms with Crippen LogP contribution in [0.5, 0.6) is 5.75 Å². The first-order valence-corrected chi connectivity index (χ1v) is 7.12. The van der Waals surface area contributed by atoms with E-state index < -0.39 is 5.97 Å². The molecule has 0 saturated heterocycles. The highest BCUT2D eigenvalue weighted by Crippen LogP contribution is 2.29. The minimum atomic E-state index is -0.936. The van der Waals surface area contributed by atoms with Gasteiger partial charge in [-0.25, -0.2) is 4.79 Å². The van der Waals surface area contributed by atoms with Gasteiger partial charge in [-0.3, -0.25) is 4.98 Å². The summed E-state index contributed by atoms with van der Waals surface area (Å²) >= 11 is 0. The van der Waals surface area contributed by atoms with E-state index in [1.54, 1.807) is 31.4 Å². The Kier molecular flexibility index (Phi) is 3.85. The zero-order valence-electron chi connectivity index (χ0n) is 12.8. The van der Waals surface area contributed by atoms with Crippen LogP contribution in [0, 0.1) is 6.92 Å². The number of aryl methyl sites for hydroxylation is 1. The van der Waals surface area contributed by atoms with Gasteiger partial charge >= 0.3 is 5.97 Å². The molecule has 0 bridgehead atoms. The zero-order valence-corrected chi connectivity index (χ0v) is 12.8. The zero-order chi connectivity index (χ0) is 16.4. The first kappa shape index (κ1) is 14.8. The largest absolute Gasteiger partial charge is 0.497 e. The molecular weight excluding hydrogens is 292 g/mol. The summed E-state index contributed by atoms with van der Waals surface area (Å²) < 4.78 is 5.24. The van der Waals surface area contributed by atoms with E-state index in [-0.39, 0.29) is 5.56 Å². The van der Waals surface area contributed by atoms with Crippen molar-refractivity contribution in [1.29, 1.82) is 0 Å². The van der Waals surface area contributed by atoms with Crippen LogP contribution >= 0.6 is 0 Å². The molecule has 3 rings (SSSR count). The molecule has 0 unspecified atom stereocenters. The number of fused-ring (bicyclic) bond motifs is 1. The fourth-order valence-electron chi connectivity index (χ4n) is 2.42. The minimum absolute atomic E-state index is 0.260. The Labute approximate surface area is 133 Å². The van der Waals surface area contributed by atoms with Crippen molar-refractivity contribution in [2.24, 2.45) is 0 Å². The summed E-state index contributed by atoms with van der Waals surface area (Å²) in [6.45, 7) is 1.93. The number of ether oxygens (including phenoxy) is 1. The van der Waals surface area contributed by atoms with Crippen LogP contribution < -0.4 is 10.1 Å². The molecule has 0 aliphatic rings. The van der Waals surface area contributed by atoms with Gasteiger partial charge in [-0.15, -0.1) is 0 Å². The number of anilines is 2. The second-order valence-electron chi connectivity index (χ2n) is 5.20. The molecular formula is C18H16N2O3. The van der Waals surface area contributed by atoms with Gasteiger partial charge in [-0.1, -0.05) is 0 Å². The smallest absolute Gasteiger partial charge is 0.335 e. The second kappa shape index (κ2) is 5.96. The third kappa shape index (κ3) is 3.08. The summed E-state index contributed by atoms with van der Waals surface area (Å²) in [6, 6.07) is 14.3. The molecule has 5 nitrogen and oxygen atoms in total. The van der Waals surface area contributed by atoms with E-state index in [9.17, 15) is 4.79 Å². The number of aromatic nitrogens is 1. The van der Waals surface area contributed by atoms with E-state index in [2.05, 4.69) is 10.3 Å². The van der Waals surface area contributed by atoms with Crippen LogP contribution in [0.15, 0.2) is 48.5 Å². The van der Waals surface area contributed by atoms with Crippen molar-refractivity contribution in [2.45, 2.75) is 6.92 Å². The number of carboxylic acids is 1. The number of carboxylic acid groups (broad SMARTS) is 1. The average Bonchev–Trinajstić information content (AvgIpc) is 2.54. The van der Waals surface area contributed by atoms with Gasteiger partial charge in [0.2, 0.25) is 0 Å². The van der Waals surface area contributed by atoms with Gasteiger partial charge < -0.3 is 15.2 Å². The van der Waals surface area contributed by atoms with Crippen molar-refractivity contribution in [3.8, 4) is 5.75 Å². The summed E-state index contributed by atoms with van der Waals surface area (Å²) in [5.41, 5.74) is 3.72. The van der Waals surface area contributed by atoms with Crippen LogP contribution in [0.2, 0.25) is 0 Å². The van der Waals surface area contributed by atoms with Crippen molar-refractivity contribution in [3.05, 3.63) is 59.8 Å². The van der Waals surface area contributed by atoms with Crippen molar-refractivity contribution in [1.82, 2.24) is 4.98 Å². The molecule has 1 heterocycles. The number of pyridine rings is 1. The number of nitrogens with one attached hydrogen (secondary N) is 1. The molecule has 0 saturated carbocycles. The number of nitrogens with zero attached hydrogens (tertiary/aromatic N) is 1. The van der Waals surface area contributed by atoms with Crippen LogP contribution in [-0.4, -0.2) is 23.2 Å². The van der Waals surface area contributed by atoms with E-state index >= 15 is 0 Å². The van der Waals surface area contributed by atoms with E-state index in [1.165, 1.54) is 0 Å². The molecule has 5 heteroatoms. The van der Waals surface area contributed by atoms with Gasteiger partial charge in [-0.05, 0) is 49.4 Å². The topological polar surface area (TPSA) is 71.5 Å². The van der Waals surface area contributed by atoms with Gasteiger partial charge in [0.05, 0.1) is 18.2 Å². The number of hydrogen-bond acceptors (Lipinski definition) is 4. The highest BCUT2D eigenvalue weighted by Gasteiger charge is 2.07. The third-order valence-corrected chi connectivity index (χ3v) is 3.56. The van der Waals surface area contributed by atoms with Crippen molar-refractivity contribution < 1.29 is 14.6 Å². The average molecular weight is 308 g/mol. The first-order valence-electron chi connectivity index (χ1n) is 7.12. The monoisotopic (exact) mass is 308 g/mol. The van der Waals surface area contributed by atoms with Gasteiger partial charge in [0.15, 0.2) is 0 Å². The maximum Gasteiger partial charge on any atom is 0.335 e. The number of aromatic carboxylic acids is 1. The minimum Gasteiger partial charge on any atom is -0.497 e. The second-order valence-corrected chi connectivity index (χ2v) is 5.20. The Balaban J connectivity index is 2.00. The lowest BCUT2D eigenvalue weighted by Crippen LogP contribution is -1.98. The molecule has 0 radical (unpaired) electrons. The van der Waals surface area contributed by atoms with Crippen molar-refractivity contribution in [3.63, 3.8) is 0 Å². The lowest BCUT2D eigenvalue weighted by atomic mass is 10.1. The Morgan fingerprint density at radius 1 is 1.13 bits per heavy atom. The maximum absolute atomic E-state index is 10.9. The Morgan fingerprint density at radius 2 is 1.87 bits per heavy atom. The molecule has 0 atom stereocenters. The highest BCUT2D eigenvalue weighted by molar-refractivity contribution is 5.94. The number of hydrogen-bond donors (Lipinski definition) is 2. The van der Waals surface area contributed by atoms with E-state index in [0.717, 1.165) is 33.7 Å². The fraction of sp³-hybridized carbons (Fsp3) is 0.111. The number of methoxy groups -OCH3 is 1. The SMILES string of the molecule is COc1ccc2c(Nc3ccc(C(=O)O)cc3)cc(C)nc2c1. The van der Waals surface area contributed by atoms with Crippen LogP contribution in [0.1, 0.15) is 16.1 Å². The standard InChI is InChI=1S/C18H16N2O3/c1-11-9-16(15-8-7-14(23-2)10-17(15)19-11)20-13-5-3-12(4-6-13)18(21)22/h3-10H,1-2H3,(H,19,20)(H,21,22). The first-order chi connectivity index (χ1) is 11.1. The highest BCUT2D eigenvalue weighted by atomic mass is 16.5. The predicted octanol–water partition coefficient (Wildman–Crippen LogP) is 3.99. The molecule has 0 aliphatic carbocycles. The quantitative estimate of drug-likeness (QED) is 0.762. The molecule has 116 valence electrons. The van der Waals surface area contributed by atoms with Gasteiger partial charge in [0.1, 0.15) is 5.75 Å². The van der Waals surface area contributed by atoms with Crippen LogP contribution in [0.3, 0.4) is 0 Å². The van der Waals surface area contributed by atoms with Gasteiger partial charge in [0.25, 0.3) is 0 Å². The summed E-state index contributed by atoms with van der Waals surface area (Å²) in [4.78, 5) is 15.4. The molecule has 0 fully saturated rings. The van der Waals surface area contributed by atoms with Gasteiger partial charge in [-0.2, -0.15) is 0 Å². The predicted molar refractivity (Wildman–Crippen MR) is 89.7 cm³/mol. The number of carbonyl (C=O) groups is 1. The lowest BCUT2D eigenvalue weighted by Gasteiger charge is -2.12. The van der Waals surface area contributed by atoms with E-state index in [4.69, 9.17) is 9.84 Å². The molecule has 1 aromatic heterocycles. The Morgan fingerprint density at radius 3 is 2.52 bits per heavy atom.